The Morgan fingerprint density at radius 3 is 2.75 bits per heavy atom. The SMILES string of the molecule is Cc1ccc(C(N)=S)cc1NC(=O)c1c[nH]ccc1=O. The van der Waals surface area contributed by atoms with E-state index in [0.29, 0.717) is 11.3 Å². The second kappa shape index (κ2) is 5.66. The summed E-state index contributed by atoms with van der Waals surface area (Å²) in [5.41, 5.74) is 7.35. The highest BCUT2D eigenvalue weighted by Gasteiger charge is 2.11. The van der Waals surface area contributed by atoms with E-state index in [1.807, 2.05) is 6.92 Å². The summed E-state index contributed by atoms with van der Waals surface area (Å²) in [6.45, 7) is 1.84. The third kappa shape index (κ3) is 2.92. The highest BCUT2D eigenvalue weighted by atomic mass is 32.1. The maximum atomic E-state index is 12.1. The van der Waals surface area contributed by atoms with E-state index in [-0.39, 0.29) is 16.0 Å². The number of H-pyrrole nitrogens is 1. The number of aryl methyl sites for hydroxylation is 1. The van der Waals surface area contributed by atoms with Crippen molar-refractivity contribution < 1.29 is 4.79 Å². The molecule has 1 amide bonds. The number of aromatic nitrogens is 1. The van der Waals surface area contributed by atoms with Gasteiger partial charge in [0.25, 0.3) is 5.91 Å². The Hall–Kier alpha value is -2.47. The van der Waals surface area contributed by atoms with E-state index >= 15 is 0 Å². The molecule has 0 spiro atoms. The lowest BCUT2D eigenvalue weighted by Crippen LogP contribution is -2.21. The summed E-state index contributed by atoms with van der Waals surface area (Å²) >= 11 is 4.90. The molecule has 0 aliphatic carbocycles. The smallest absolute Gasteiger partial charge is 0.261 e. The Labute approximate surface area is 120 Å². The number of anilines is 1. The molecule has 102 valence electrons. The standard InChI is InChI=1S/C14H13N3O2S/c1-8-2-3-9(13(15)20)6-11(8)17-14(19)10-7-16-5-4-12(10)18/h2-7H,1H3,(H2,15,20)(H,16,18)(H,17,19). The topological polar surface area (TPSA) is 88.0 Å². The fraction of sp³-hybridized carbons (Fsp3) is 0.0714. The zero-order valence-corrected chi connectivity index (χ0v) is 11.6. The first-order valence-corrected chi connectivity index (χ1v) is 6.29. The van der Waals surface area contributed by atoms with Gasteiger partial charge in [-0.2, -0.15) is 0 Å². The van der Waals surface area contributed by atoms with Crippen LogP contribution in [-0.4, -0.2) is 15.9 Å². The largest absolute Gasteiger partial charge is 0.389 e. The van der Waals surface area contributed by atoms with Crippen molar-refractivity contribution >= 4 is 28.8 Å². The molecule has 0 unspecified atom stereocenters. The summed E-state index contributed by atoms with van der Waals surface area (Å²) in [6.07, 6.45) is 2.84. The molecule has 2 aromatic rings. The molecule has 6 heteroatoms. The van der Waals surface area contributed by atoms with Crippen molar-refractivity contribution in [1.29, 1.82) is 0 Å². The van der Waals surface area contributed by atoms with E-state index in [1.165, 1.54) is 18.5 Å². The average Bonchev–Trinajstić information content (AvgIpc) is 2.41. The van der Waals surface area contributed by atoms with E-state index in [1.54, 1.807) is 18.2 Å². The van der Waals surface area contributed by atoms with Gasteiger partial charge in [-0.15, -0.1) is 0 Å². The van der Waals surface area contributed by atoms with Gasteiger partial charge in [-0.25, -0.2) is 0 Å². The molecule has 0 bridgehead atoms. The average molecular weight is 287 g/mol. The molecule has 2 rings (SSSR count). The van der Waals surface area contributed by atoms with E-state index in [0.717, 1.165) is 5.56 Å². The van der Waals surface area contributed by atoms with Crippen LogP contribution in [0, 0.1) is 6.92 Å². The van der Waals surface area contributed by atoms with Crippen molar-refractivity contribution in [3.63, 3.8) is 0 Å². The highest BCUT2D eigenvalue weighted by Crippen LogP contribution is 2.17. The zero-order chi connectivity index (χ0) is 14.7. The van der Waals surface area contributed by atoms with Gasteiger partial charge in [0.1, 0.15) is 10.6 Å². The van der Waals surface area contributed by atoms with E-state index < -0.39 is 5.91 Å². The first kappa shape index (κ1) is 14.0. The van der Waals surface area contributed by atoms with Gasteiger partial charge in [0.15, 0.2) is 5.43 Å². The lowest BCUT2D eigenvalue weighted by molar-refractivity contribution is 0.102. The van der Waals surface area contributed by atoms with Crippen LogP contribution in [-0.2, 0) is 0 Å². The van der Waals surface area contributed by atoms with Crippen molar-refractivity contribution in [2.45, 2.75) is 6.92 Å². The quantitative estimate of drug-likeness (QED) is 0.748. The normalized spacial score (nSPS) is 10.1. The second-order valence-corrected chi connectivity index (χ2v) is 4.71. The van der Waals surface area contributed by atoms with Crippen LogP contribution in [0.25, 0.3) is 0 Å². The van der Waals surface area contributed by atoms with Crippen molar-refractivity contribution in [3.8, 4) is 0 Å². The minimum Gasteiger partial charge on any atom is -0.389 e. The Kier molecular flexibility index (Phi) is 3.95. The van der Waals surface area contributed by atoms with Crippen molar-refractivity contribution in [1.82, 2.24) is 4.98 Å². The number of carbonyl (C=O) groups is 1. The maximum Gasteiger partial charge on any atom is 0.261 e. The highest BCUT2D eigenvalue weighted by molar-refractivity contribution is 7.80. The molecule has 4 N–H and O–H groups in total. The van der Waals surface area contributed by atoms with Crippen LogP contribution in [0.5, 0.6) is 0 Å². The fourth-order valence-corrected chi connectivity index (χ4v) is 1.82. The fourth-order valence-electron chi connectivity index (χ4n) is 1.69. The molecule has 0 radical (unpaired) electrons. The molecule has 0 saturated carbocycles. The number of carbonyl (C=O) groups excluding carboxylic acids is 1. The van der Waals surface area contributed by atoms with Crippen LogP contribution in [0.4, 0.5) is 5.69 Å². The number of aromatic amines is 1. The predicted octanol–water partition coefficient (Wildman–Crippen LogP) is 1.57. The Morgan fingerprint density at radius 1 is 1.35 bits per heavy atom. The van der Waals surface area contributed by atoms with Crippen LogP contribution < -0.4 is 16.5 Å². The lowest BCUT2D eigenvalue weighted by Gasteiger charge is -2.10. The van der Waals surface area contributed by atoms with Crippen LogP contribution in [0.3, 0.4) is 0 Å². The second-order valence-electron chi connectivity index (χ2n) is 4.27. The molecule has 0 aliphatic heterocycles. The number of rotatable bonds is 3. The van der Waals surface area contributed by atoms with Crippen LogP contribution in [0.1, 0.15) is 21.5 Å². The number of nitrogens with two attached hydrogens (primary N) is 1. The molecular weight excluding hydrogens is 274 g/mol. The van der Waals surface area contributed by atoms with E-state index in [4.69, 9.17) is 18.0 Å². The molecule has 0 fully saturated rings. The number of amides is 1. The molecule has 0 aliphatic rings. The van der Waals surface area contributed by atoms with Crippen molar-refractivity contribution in [2.75, 3.05) is 5.32 Å². The number of hydrogen-bond acceptors (Lipinski definition) is 3. The number of nitrogens with one attached hydrogen (secondary N) is 2. The van der Waals surface area contributed by atoms with Gasteiger partial charge in [0, 0.05) is 29.7 Å². The first-order chi connectivity index (χ1) is 9.49. The van der Waals surface area contributed by atoms with Gasteiger partial charge in [0.2, 0.25) is 0 Å². The van der Waals surface area contributed by atoms with Crippen molar-refractivity contribution in [3.05, 3.63) is 63.6 Å². The van der Waals surface area contributed by atoms with Gasteiger partial charge in [-0.3, -0.25) is 9.59 Å². The van der Waals surface area contributed by atoms with Crippen LogP contribution in [0.2, 0.25) is 0 Å². The molecule has 1 aromatic heterocycles. The van der Waals surface area contributed by atoms with Gasteiger partial charge < -0.3 is 16.0 Å². The molecule has 1 heterocycles. The third-order valence-electron chi connectivity index (χ3n) is 2.84. The number of hydrogen-bond donors (Lipinski definition) is 3. The summed E-state index contributed by atoms with van der Waals surface area (Å²) in [4.78, 5) is 26.6. The Balaban J connectivity index is 2.33. The van der Waals surface area contributed by atoms with E-state index in [9.17, 15) is 9.59 Å². The molecule has 1 aromatic carbocycles. The summed E-state index contributed by atoms with van der Waals surface area (Å²) in [7, 11) is 0. The van der Waals surface area contributed by atoms with Gasteiger partial charge in [0.05, 0.1) is 0 Å². The summed E-state index contributed by atoms with van der Waals surface area (Å²) in [6, 6.07) is 6.57. The summed E-state index contributed by atoms with van der Waals surface area (Å²) in [5, 5.41) is 2.69. The molecular formula is C14H13N3O2S. The Bertz CT molecular complexity index is 737. The molecule has 0 atom stereocenters. The lowest BCUT2D eigenvalue weighted by atomic mass is 10.1. The monoisotopic (exact) mass is 287 g/mol. The van der Waals surface area contributed by atoms with Gasteiger partial charge >= 0.3 is 0 Å². The minimum atomic E-state index is -0.477. The number of benzene rings is 1. The molecule has 20 heavy (non-hydrogen) atoms. The Morgan fingerprint density at radius 2 is 2.10 bits per heavy atom. The first-order valence-electron chi connectivity index (χ1n) is 5.88. The molecule has 5 nitrogen and oxygen atoms in total. The molecule has 0 saturated heterocycles. The van der Waals surface area contributed by atoms with E-state index in [2.05, 4.69) is 10.3 Å². The van der Waals surface area contributed by atoms with Crippen molar-refractivity contribution in [2.24, 2.45) is 5.73 Å². The van der Waals surface area contributed by atoms with Gasteiger partial charge in [-0.1, -0.05) is 24.4 Å². The van der Waals surface area contributed by atoms with Gasteiger partial charge in [-0.05, 0) is 18.6 Å². The van der Waals surface area contributed by atoms with Crippen LogP contribution >= 0.6 is 12.2 Å². The number of pyridine rings is 1. The third-order valence-corrected chi connectivity index (χ3v) is 3.07. The van der Waals surface area contributed by atoms with Crippen LogP contribution in [0.15, 0.2) is 41.5 Å². The number of thiocarbonyl (C=S) groups is 1. The predicted molar refractivity (Wildman–Crippen MR) is 82.1 cm³/mol. The summed E-state index contributed by atoms with van der Waals surface area (Å²) < 4.78 is 0. The minimum absolute atomic E-state index is 0.0487. The maximum absolute atomic E-state index is 12.1. The zero-order valence-electron chi connectivity index (χ0n) is 10.8. The summed E-state index contributed by atoms with van der Waals surface area (Å²) in [5.74, 6) is -0.477.